The van der Waals surface area contributed by atoms with E-state index in [1.54, 1.807) is 0 Å². The second kappa shape index (κ2) is 8.17. The van der Waals surface area contributed by atoms with E-state index in [1.165, 1.54) is 30.7 Å². The Hall–Kier alpha value is -2.32. The van der Waals surface area contributed by atoms with Gasteiger partial charge >= 0.3 is 5.91 Å². The lowest BCUT2D eigenvalue weighted by molar-refractivity contribution is -0.384. The van der Waals surface area contributed by atoms with Gasteiger partial charge in [-0.15, -0.1) is 0 Å². The monoisotopic (exact) mass is 349 g/mol. The van der Waals surface area contributed by atoms with Crippen molar-refractivity contribution >= 4 is 17.3 Å². The number of hydrogen-bond acceptors (Lipinski definition) is 6. The van der Waals surface area contributed by atoms with Gasteiger partial charge in [-0.05, 0) is 18.6 Å². The molecule has 2 rings (SSSR count). The van der Waals surface area contributed by atoms with Gasteiger partial charge in [0.1, 0.15) is 5.71 Å². The fraction of sp³-hybridized carbons (Fsp3) is 0.529. The zero-order valence-corrected chi connectivity index (χ0v) is 14.2. The summed E-state index contributed by atoms with van der Waals surface area (Å²) in [5, 5.41) is 36.0. The number of amides is 1. The summed E-state index contributed by atoms with van der Waals surface area (Å²) in [7, 11) is 0. The molecule has 1 aromatic carbocycles. The van der Waals surface area contributed by atoms with E-state index in [-0.39, 0.29) is 17.0 Å². The normalized spacial score (nSPS) is 16.2. The van der Waals surface area contributed by atoms with Crippen LogP contribution in [-0.4, -0.2) is 44.1 Å². The molecule has 136 valence electrons. The third-order valence-corrected chi connectivity index (χ3v) is 4.16. The van der Waals surface area contributed by atoms with Crippen LogP contribution in [0.4, 0.5) is 5.69 Å². The highest BCUT2D eigenvalue weighted by molar-refractivity contribution is 6.20. The van der Waals surface area contributed by atoms with Crippen LogP contribution in [0.15, 0.2) is 29.4 Å². The van der Waals surface area contributed by atoms with E-state index >= 15 is 0 Å². The number of non-ortho nitro benzene ring substituents is 1. The van der Waals surface area contributed by atoms with Crippen LogP contribution in [0.1, 0.15) is 51.0 Å². The number of unbranched alkanes of at least 4 members (excludes halogenated alkanes) is 5. The maximum Gasteiger partial charge on any atom is 0.309 e. The third-order valence-electron chi connectivity index (χ3n) is 4.16. The number of rotatable bonds is 9. The lowest BCUT2D eigenvalue weighted by Gasteiger charge is -2.17. The van der Waals surface area contributed by atoms with Crippen LogP contribution >= 0.6 is 0 Å². The summed E-state index contributed by atoms with van der Waals surface area (Å²) in [4.78, 5) is 22.3. The first-order valence-corrected chi connectivity index (χ1v) is 8.48. The van der Waals surface area contributed by atoms with Crippen molar-refractivity contribution in [2.45, 2.75) is 51.2 Å². The molecule has 0 atom stereocenters. The van der Waals surface area contributed by atoms with Crippen molar-refractivity contribution in [3.05, 3.63) is 39.9 Å². The number of aliphatic hydroxyl groups is 2. The lowest BCUT2D eigenvalue weighted by atomic mass is 10.0. The Kier molecular flexibility index (Phi) is 6.22. The van der Waals surface area contributed by atoms with E-state index < -0.39 is 16.6 Å². The molecule has 0 saturated carbocycles. The second-order valence-electron chi connectivity index (χ2n) is 6.12. The minimum absolute atomic E-state index is 0.126. The molecule has 8 heteroatoms. The summed E-state index contributed by atoms with van der Waals surface area (Å²) in [5.41, 5.74) is -0.0770. The fourth-order valence-corrected chi connectivity index (χ4v) is 2.71. The van der Waals surface area contributed by atoms with E-state index in [0.29, 0.717) is 6.54 Å². The summed E-state index contributed by atoms with van der Waals surface area (Å²) in [6.07, 6.45) is 6.22. The Morgan fingerprint density at radius 3 is 2.32 bits per heavy atom. The van der Waals surface area contributed by atoms with E-state index in [1.807, 2.05) is 0 Å². The molecule has 1 aliphatic rings. The maximum absolute atomic E-state index is 12.2. The highest BCUT2D eigenvalue weighted by Crippen LogP contribution is 2.25. The maximum atomic E-state index is 12.2. The first-order valence-electron chi connectivity index (χ1n) is 8.48. The molecule has 0 spiro atoms. The predicted molar refractivity (Wildman–Crippen MR) is 91.9 cm³/mol. The third kappa shape index (κ3) is 4.40. The molecule has 2 N–H and O–H groups in total. The summed E-state index contributed by atoms with van der Waals surface area (Å²) in [5.74, 6) is -3.60. The molecule has 0 aromatic heterocycles. The quantitative estimate of drug-likeness (QED) is 0.307. The van der Waals surface area contributed by atoms with Gasteiger partial charge in [-0.2, -0.15) is 5.10 Å². The van der Waals surface area contributed by atoms with E-state index in [0.717, 1.165) is 37.1 Å². The van der Waals surface area contributed by atoms with E-state index in [9.17, 15) is 25.1 Å². The van der Waals surface area contributed by atoms with Gasteiger partial charge in [0.05, 0.1) is 4.92 Å². The van der Waals surface area contributed by atoms with Crippen LogP contribution in [-0.2, 0) is 4.79 Å². The Balaban J connectivity index is 2.03. The van der Waals surface area contributed by atoms with Crippen molar-refractivity contribution in [2.75, 3.05) is 6.54 Å². The van der Waals surface area contributed by atoms with Gasteiger partial charge in [0.15, 0.2) is 0 Å². The van der Waals surface area contributed by atoms with Crippen molar-refractivity contribution in [3.8, 4) is 0 Å². The number of benzene rings is 1. The second-order valence-corrected chi connectivity index (χ2v) is 6.12. The summed E-state index contributed by atoms with van der Waals surface area (Å²) >= 11 is 0. The largest absolute Gasteiger partial charge is 0.353 e. The Bertz CT molecular complexity index is 655. The molecule has 25 heavy (non-hydrogen) atoms. The zero-order valence-electron chi connectivity index (χ0n) is 14.2. The van der Waals surface area contributed by atoms with Gasteiger partial charge in [0.2, 0.25) is 0 Å². The lowest BCUT2D eigenvalue weighted by Crippen LogP contribution is -2.46. The van der Waals surface area contributed by atoms with Crippen molar-refractivity contribution in [1.29, 1.82) is 0 Å². The Labute approximate surface area is 145 Å². The molecule has 0 radical (unpaired) electrons. The van der Waals surface area contributed by atoms with Crippen molar-refractivity contribution < 1.29 is 19.9 Å². The van der Waals surface area contributed by atoms with Crippen molar-refractivity contribution in [3.63, 3.8) is 0 Å². The van der Waals surface area contributed by atoms with Crippen LogP contribution in [0.25, 0.3) is 0 Å². The molecule has 1 heterocycles. The number of carbonyl (C=O) groups excluding carboxylic acids is 1. The van der Waals surface area contributed by atoms with E-state index in [4.69, 9.17) is 0 Å². The number of hydrazone groups is 1. The first-order chi connectivity index (χ1) is 11.9. The summed E-state index contributed by atoms with van der Waals surface area (Å²) < 4.78 is 0. The summed E-state index contributed by atoms with van der Waals surface area (Å²) in [6, 6.07) is 5.16. The molecule has 0 bridgehead atoms. The summed E-state index contributed by atoms with van der Waals surface area (Å²) in [6.45, 7) is 2.45. The SMILES string of the molecule is CCCCCCCCN1N=C(c2ccc([N+](=O)[O-])cc2)C(O)(O)C1=O. The van der Waals surface area contributed by atoms with Crippen LogP contribution < -0.4 is 0 Å². The molecule has 1 amide bonds. The average molecular weight is 349 g/mol. The minimum Gasteiger partial charge on any atom is -0.353 e. The molecule has 0 unspecified atom stereocenters. The van der Waals surface area contributed by atoms with Crippen LogP contribution in [0.5, 0.6) is 0 Å². The predicted octanol–water partition coefficient (Wildman–Crippen LogP) is 2.18. The van der Waals surface area contributed by atoms with Crippen molar-refractivity contribution in [1.82, 2.24) is 5.01 Å². The van der Waals surface area contributed by atoms with Gasteiger partial charge in [-0.3, -0.25) is 14.9 Å². The number of hydrogen-bond donors (Lipinski definition) is 2. The van der Waals surface area contributed by atoms with E-state index in [2.05, 4.69) is 12.0 Å². The standard InChI is InChI=1S/C17H23N3O5/c1-2-3-4-5-6-7-12-19-16(21)17(22,23)15(18-19)13-8-10-14(11-9-13)20(24)25/h8-11,22-23H,2-7,12H2,1H3. The smallest absolute Gasteiger partial charge is 0.309 e. The fourth-order valence-electron chi connectivity index (χ4n) is 2.71. The molecule has 0 saturated heterocycles. The Morgan fingerprint density at radius 2 is 1.72 bits per heavy atom. The van der Waals surface area contributed by atoms with Gasteiger partial charge in [0.25, 0.3) is 11.5 Å². The van der Waals surface area contributed by atoms with Gasteiger partial charge < -0.3 is 10.2 Å². The highest BCUT2D eigenvalue weighted by atomic mass is 16.6. The molecular formula is C17H23N3O5. The molecule has 1 aliphatic heterocycles. The molecule has 0 fully saturated rings. The number of nitrogens with zero attached hydrogens (tertiary/aromatic N) is 3. The number of nitro benzene ring substituents is 1. The average Bonchev–Trinajstić information content (AvgIpc) is 2.81. The van der Waals surface area contributed by atoms with Gasteiger partial charge in [-0.25, -0.2) is 5.01 Å². The molecule has 1 aromatic rings. The van der Waals surface area contributed by atoms with Gasteiger partial charge in [0, 0.05) is 24.2 Å². The number of nitro groups is 1. The molecule has 0 aliphatic carbocycles. The number of carbonyl (C=O) groups is 1. The van der Waals surface area contributed by atoms with Crippen LogP contribution in [0.2, 0.25) is 0 Å². The zero-order chi connectivity index (χ0) is 18.4. The van der Waals surface area contributed by atoms with Crippen LogP contribution in [0.3, 0.4) is 0 Å². The molecule has 8 nitrogen and oxygen atoms in total. The molecular weight excluding hydrogens is 326 g/mol. The topological polar surface area (TPSA) is 116 Å². The highest BCUT2D eigenvalue weighted by Gasteiger charge is 2.49. The van der Waals surface area contributed by atoms with Gasteiger partial charge in [-0.1, -0.05) is 39.0 Å². The minimum atomic E-state index is -2.71. The van der Waals surface area contributed by atoms with Crippen LogP contribution in [0, 0.1) is 10.1 Å². The van der Waals surface area contributed by atoms with Crippen molar-refractivity contribution in [2.24, 2.45) is 5.10 Å². The Morgan fingerprint density at radius 1 is 1.12 bits per heavy atom. The first kappa shape index (κ1) is 19.0.